The summed E-state index contributed by atoms with van der Waals surface area (Å²) in [5, 5.41) is 5.41. The third-order valence-corrected chi connectivity index (χ3v) is 2.11. The SMILES string of the molecule is CCOC(=O)c1cc(NC(=O)CNC)cn1C.Cl. The van der Waals surface area contributed by atoms with E-state index in [1.54, 1.807) is 37.8 Å². The van der Waals surface area contributed by atoms with Crippen LogP contribution in [0.4, 0.5) is 5.69 Å². The Morgan fingerprint density at radius 2 is 2.11 bits per heavy atom. The van der Waals surface area contributed by atoms with E-state index in [0.717, 1.165) is 0 Å². The summed E-state index contributed by atoms with van der Waals surface area (Å²) in [4.78, 5) is 22.9. The highest BCUT2D eigenvalue weighted by molar-refractivity contribution is 5.95. The Kier molecular flexibility index (Phi) is 7.07. The number of nitrogens with one attached hydrogen (secondary N) is 2. The molecule has 7 heteroatoms. The van der Waals surface area contributed by atoms with Crippen molar-refractivity contribution in [3.8, 4) is 0 Å². The van der Waals surface area contributed by atoms with E-state index in [1.165, 1.54) is 0 Å². The van der Waals surface area contributed by atoms with Gasteiger partial charge in [-0.05, 0) is 20.0 Å². The molecule has 0 aliphatic rings. The van der Waals surface area contributed by atoms with Crippen molar-refractivity contribution < 1.29 is 14.3 Å². The van der Waals surface area contributed by atoms with Gasteiger partial charge in [-0.2, -0.15) is 0 Å². The predicted octanol–water partition coefficient (Wildman–Crippen LogP) is 0.781. The van der Waals surface area contributed by atoms with Crippen molar-refractivity contribution in [1.29, 1.82) is 0 Å². The number of amides is 1. The summed E-state index contributed by atoms with van der Waals surface area (Å²) in [6.07, 6.45) is 1.67. The molecule has 0 aliphatic heterocycles. The van der Waals surface area contributed by atoms with Crippen LogP contribution in [-0.4, -0.2) is 36.6 Å². The normalized spacial score (nSPS) is 9.50. The molecule has 102 valence electrons. The van der Waals surface area contributed by atoms with Gasteiger partial charge in [0.1, 0.15) is 5.69 Å². The van der Waals surface area contributed by atoms with Crippen LogP contribution in [0.3, 0.4) is 0 Å². The molecular formula is C11H18ClN3O3. The van der Waals surface area contributed by atoms with Crippen LogP contribution in [0.15, 0.2) is 12.3 Å². The van der Waals surface area contributed by atoms with Crippen LogP contribution in [0.1, 0.15) is 17.4 Å². The number of aromatic nitrogens is 1. The van der Waals surface area contributed by atoms with Gasteiger partial charge < -0.3 is 19.9 Å². The lowest BCUT2D eigenvalue weighted by atomic mass is 10.4. The molecule has 1 aromatic rings. The van der Waals surface area contributed by atoms with Crippen LogP contribution in [0.5, 0.6) is 0 Å². The van der Waals surface area contributed by atoms with Crippen molar-refractivity contribution in [3.63, 3.8) is 0 Å². The van der Waals surface area contributed by atoms with Gasteiger partial charge in [0.15, 0.2) is 0 Å². The van der Waals surface area contributed by atoms with Crippen LogP contribution in [0.25, 0.3) is 0 Å². The fourth-order valence-electron chi connectivity index (χ4n) is 1.41. The number of likely N-dealkylation sites (N-methyl/N-ethyl adjacent to an activating group) is 1. The highest BCUT2D eigenvalue weighted by Gasteiger charge is 2.13. The monoisotopic (exact) mass is 275 g/mol. The Morgan fingerprint density at radius 3 is 2.67 bits per heavy atom. The van der Waals surface area contributed by atoms with Gasteiger partial charge in [-0.15, -0.1) is 12.4 Å². The molecule has 6 nitrogen and oxygen atoms in total. The van der Waals surface area contributed by atoms with Gasteiger partial charge in [-0.1, -0.05) is 0 Å². The standard InChI is InChI=1S/C11H17N3O3.ClH/c1-4-17-11(16)9-5-8(7-14(9)3)13-10(15)6-12-2;/h5,7,12H,4,6H2,1-3H3,(H,13,15);1H. The van der Waals surface area contributed by atoms with E-state index in [1.807, 2.05) is 0 Å². The molecule has 0 fully saturated rings. The minimum absolute atomic E-state index is 0. The first kappa shape index (κ1) is 16.5. The smallest absolute Gasteiger partial charge is 0.355 e. The molecule has 0 saturated heterocycles. The maximum absolute atomic E-state index is 11.5. The number of hydrogen-bond acceptors (Lipinski definition) is 4. The molecule has 1 aromatic heterocycles. The zero-order valence-electron chi connectivity index (χ0n) is 10.6. The first-order chi connectivity index (χ1) is 8.08. The lowest BCUT2D eigenvalue weighted by molar-refractivity contribution is -0.115. The van der Waals surface area contributed by atoms with E-state index in [2.05, 4.69) is 10.6 Å². The second-order valence-electron chi connectivity index (χ2n) is 3.52. The van der Waals surface area contributed by atoms with E-state index in [0.29, 0.717) is 18.0 Å². The minimum Gasteiger partial charge on any atom is -0.461 e. The van der Waals surface area contributed by atoms with Gasteiger partial charge in [0.2, 0.25) is 5.91 Å². The molecule has 0 spiro atoms. The molecule has 0 saturated carbocycles. The van der Waals surface area contributed by atoms with Crippen LogP contribution in [-0.2, 0) is 16.6 Å². The number of halogens is 1. The Labute approximate surface area is 112 Å². The van der Waals surface area contributed by atoms with Crippen LogP contribution in [0.2, 0.25) is 0 Å². The van der Waals surface area contributed by atoms with E-state index in [4.69, 9.17) is 4.74 Å². The maximum Gasteiger partial charge on any atom is 0.355 e. The molecule has 0 radical (unpaired) electrons. The largest absolute Gasteiger partial charge is 0.461 e. The third kappa shape index (κ3) is 4.38. The van der Waals surface area contributed by atoms with Crippen molar-refractivity contribution in [2.75, 3.05) is 25.5 Å². The van der Waals surface area contributed by atoms with E-state index in [9.17, 15) is 9.59 Å². The zero-order valence-corrected chi connectivity index (χ0v) is 11.5. The number of ether oxygens (including phenoxy) is 1. The Balaban J connectivity index is 0.00000289. The molecule has 0 unspecified atom stereocenters. The zero-order chi connectivity index (χ0) is 12.8. The van der Waals surface area contributed by atoms with Gasteiger partial charge >= 0.3 is 5.97 Å². The Bertz CT molecular complexity index is 418. The van der Waals surface area contributed by atoms with Gasteiger partial charge in [0.25, 0.3) is 0 Å². The topological polar surface area (TPSA) is 72.4 Å². The number of carbonyl (C=O) groups excluding carboxylic acids is 2. The minimum atomic E-state index is -0.399. The number of carbonyl (C=O) groups is 2. The number of anilines is 1. The number of rotatable bonds is 5. The predicted molar refractivity (Wildman–Crippen MR) is 71.2 cm³/mol. The van der Waals surface area contributed by atoms with Crippen molar-refractivity contribution in [2.24, 2.45) is 7.05 Å². The first-order valence-electron chi connectivity index (χ1n) is 5.36. The average Bonchev–Trinajstić information content (AvgIpc) is 2.60. The maximum atomic E-state index is 11.5. The van der Waals surface area contributed by atoms with E-state index >= 15 is 0 Å². The fourth-order valence-corrected chi connectivity index (χ4v) is 1.41. The Morgan fingerprint density at radius 1 is 1.44 bits per heavy atom. The van der Waals surface area contributed by atoms with Crippen molar-refractivity contribution in [3.05, 3.63) is 18.0 Å². The van der Waals surface area contributed by atoms with Crippen molar-refractivity contribution >= 4 is 30.0 Å². The summed E-state index contributed by atoms with van der Waals surface area (Å²) < 4.78 is 6.51. The molecule has 0 aliphatic carbocycles. The molecule has 0 aromatic carbocycles. The highest BCUT2D eigenvalue weighted by atomic mass is 35.5. The number of esters is 1. The summed E-state index contributed by atoms with van der Waals surface area (Å²) in [7, 11) is 3.41. The summed E-state index contributed by atoms with van der Waals surface area (Å²) in [6.45, 7) is 2.30. The van der Waals surface area contributed by atoms with Crippen LogP contribution < -0.4 is 10.6 Å². The summed E-state index contributed by atoms with van der Waals surface area (Å²) >= 11 is 0. The van der Waals surface area contributed by atoms with Gasteiger partial charge in [0.05, 0.1) is 18.8 Å². The molecule has 0 bridgehead atoms. The first-order valence-corrected chi connectivity index (χ1v) is 5.36. The second-order valence-corrected chi connectivity index (χ2v) is 3.52. The second kappa shape index (κ2) is 7.73. The van der Waals surface area contributed by atoms with Gasteiger partial charge in [-0.3, -0.25) is 4.79 Å². The fraction of sp³-hybridized carbons (Fsp3) is 0.455. The number of nitrogens with zero attached hydrogens (tertiary/aromatic N) is 1. The average molecular weight is 276 g/mol. The molecule has 2 N–H and O–H groups in total. The molecule has 0 atom stereocenters. The lowest BCUT2D eigenvalue weighted by Crippen LogP contribution is -2.24. The number of hydrogen-bond donors (Lipinski definition) is 2. The molecule has 1 rings (SSSR count). The third-order valence-electron chi connectivity index (χ3n) is 2.11. The summed E-state index contributed by atoms with van der Waals surface area (Å²) in [5.41, 5.74) is 0.988. The molecular weight excluding hydrogens is 258 g/mol. The van der Waals surface area contributed by atoms with Gasteiger partial charge in [-0.25, -0.2) is 4.79 Å². The molecule has 1 heterocycles. The lowest BCUT2D eigenvalue weighted by Gasteiger charge is -2.01. The summed E-state index contributed by atoms with van der Waals surface area (Å²) in [6, 6.07) is 1.59. The van der Waals surface area contributed by atoms with Crippen LogP contribution >= 0.6 is 12.4 Å². The number of aryl methyl sites for hydroxylation is 1. The van der Waals surface area contributed by atoms with E-state index < -0.39 is 5.97 Å². The van der Waals surface area contributed by atoms with Crippen LogP contribution in [0, 0.1) is 0 Å². The van der Waals surface area contributed by atoms with E-state index in [-0.39, 0.29) is 24.9 Å². The van der Waals surface area contributed by atoms with Crippen molar-refractivity contribution in [2.45, 2.75) is 6.92 Å². The van der Waals surface area contributed by atoms with Gasteiger partial charge in [0, 0.05) is 13.2 Å². The molecule has 18 heavy (non-hydrogen) atoms. The summed E-state index contributed by atoms with van der Waals surface area (Å²) in [5.74, 6) is -0.558. The Hall–Kier alpha value is -1.53. The molecule has 1 amide bonds. The highest BCUT2D eigenvalue weighted by Crippen LogP contribution is 2.13. The van der Waals surface area contributed by atoms with Crippen molar-refractivity contribution in [1.82, 2.24) is 9.88 Å². The quantitative estimate of drug-likeness (QED) is 0.779.